The molecule has 4 N–H and O–H groups in total. The minimum atomic E-state index is -1.14. The highest BCUT2D eigenvalue weighted by molar-refractivity contribution is 8.76. The van der Waals surface area contributed by atoms with Crippen molar-refractivity contribution in [1.29, 1.82) is 0 Å². The van der Waals surface area contributed by atoms with Crippen LogP contribution < -0.4 is 10.6 Å². The van der Waals surface area contributed by atoms with Crippen LogP contribution in [0.5, 0.6) is 0 Å². The molecule has 26 heavy (non-hydrogen) atoms. The van der Waals surface area contributed by atoms with Gasteiger partial charge in [-0.2, -0.15) is 0 Å². The van der Waals surface area contributed by atoms with Crippen molar-refractivity contribution < 1.29 is 29.4 Å². The smallest absolute Gasteiger partial charge is 0.327 e. The quantitative estimate of drug-likeness (QED) is 0.267. The Balaban J connectivity index is 4.38. The lowest BCUT2D eigenvalue weighted by Gasteiger charge is -2.17. The van der Waals surface area contributed by atoms with E-state index in [2.05, 4.69) is 10.6 Å². The number of carboxylic acid groups (broad SMARTS) is 2. The van der Waals surface area contributed by atoms with Crippen molar-refractivity contribution in [3.8, 4) is 0 Å². The lowest BCUT2D eigenvalue weighted by atomic mass is 10.1. The Labute approximate surface area is 161 Å². The van der Waals surface area contributed by atoms with Crippen LogP contribution in [0.15, 0.2) is 0 Å². The first kappa shape index (κ1) is 24.6. The largest absolute Gasteiger partial charge is 0.480 e. The maximum Gasteiger partial charge on any atom is 0.327 e. The van der Waals surface area contributed by atoms with Gasteiger partial charge in [-0.05, 0) is 11.8 Å². The van der Waals surface area contributed by atoms with E-state index in [4.69, 9.17) is 10.2 Å². The molecule has 0 bridgehead atoms. The summed E-state index contributed by atoms with van der Waals surface area (Å²) in [4.78, 5) is 45.8. The Hall–Kier alpha value is -1.42. The number of carbonyl (C=O) groups is 4. The first-order chi connectivity index (χ1) is 12.0. The summed E-state index contributed by atoms with van der Waals surface area (Å²) in [5.74, 6) is -2.52. The van der Waals surface area contributed by atoms with E-state index in [0.717, 1.165) is 21.6 Å². The average Bonchev–Trinajstić information content (AvgIpc) is 2.46. The molecular formula is C16H28N2O6S2. The molecule has 0 aromatic carbocycles. The number of aliphatic carboxylic acids is 2. The van der Waals surface area contributed by atoms with E-state index < -0.39 is 24.0 Å². The standard InChI is InChI=1S/C16H28N2O6S2/c1-9(2)5-13(19)17-11(15(21)22)7-25-26-8-12(16(23)24)18-14(20)6-10(3)4/h9-12H,5-8H2,1-4H3,(H,17,19)(H,18,20)(H,21,22)(H,23,24). The van der Waals surface area contributed by atoms with Gasteiger partial charge in [0.2, 0.25) is 11.8 Å². The zero-order valence-electron chi connectivity index (χ0n) is 15.5. The van der Waals surface area contributed by atoms with Crippen LogP contribution in [0.4, 0.5) is 0 Å². The van der Waals surface area contributed by atoms with Crippen molar-refractivity contribution in [2.24, 2.45) is 11.8 Å². The van der Waals surface area contributed by atoms with E-state index in [-0.39, 0.29) is 48.0 Å². The minimum absolute atomic E-state index is 0.0934. The average molecular weight is 409 g/mol. The molecule has 0 radical (unpaired) electrons. The molecule has 8 nitrogen and oxygen atoms in total. The van der Waals surface area contributed by atoms with Crippen molar-refractivity contribution >= 4 is 45.3 Å². The summed E-state index contributed by atoms with van der Waals surface area (Å²) in [6.07, 6.45) is 0.481. The highest BCUT2D eigenvalue weighted by Crippen LogP contribution is 2.23. The van der Waals surface area contributed by atoms with Crippen molar-refractivity contribution in [3.05, 3.63) is 0 Å². The van der Waals surface area contributed by atoms with Crippen LogP contribution in [0.1, 0.15) is 40.5 Å². The van der Waals surface area contributed by atoms with Crippen LogP contribution in [0.2, 0.25) is 0 Å². The van der Waals surface area contributed by atoms with Gasteiger partial charge in [0, 0.05) is 24.3 Å². The number of hydrogen-bond donors (Lipinski definition) is 4. The van der Waals surface area contributed by atoms with E-state index in [9.17, 15) is 19.2 Å². The van der Waals surface area contributed by atoms with Gasteiger partial charge >= 0.3 is 11.9 Å². The second kappa shape index (κ2) is 12.9. The molecule has 10 heteroatoms. The van der Waals surface area contributed by atoms with Gasteiger partial charge in [-0.3, -0.25) is 9.59 Å². The monoisotopic (exact) mass is 408 g/mol. The molecule has 2 atom stereocenters. The van der Waals surface area contributed by atoms with Gasteiger partial charge in [-0.15, -0.1) is 0 Å². The maximum absolute atomic E-state index is 11.7. The van der Waals surface area contributed by atoms with Gasteiger partial charge in [-0.1, -0.05) is 49.3 Å². The third-order valence-electron chi connectivity index (χ3n) is 3.01. The normalized spacial score (nSPS) is 13.3. The molecule has 0 rings (SSSR count). The van der Waals surface area contributed by atoms with Crippen molar-refractivity contribution in [1.82, 2.24) is 10.6 Å². The number of nitrogens with one attached hydrogen (secondary N) is 2. The van der Waals surface area contributed by atoms with E-state index in [0.29, 0.717) is 0 Å². The second-order valence-corrected chi connectivity index (χ2v) is 9.23. The summed E-state index contributed by atoms with van der Waals surface area (Å²) in [6, 6.07) is -2.09. The first-order valence-electron chi connectivity index (χ1n) is 8.31. The predicted molar refractivity (Wildman–Crippen MR) is 103 cm³/mol. The van der Waals surface area contributed by atoms with Crippen LogP contribution in [-0.2, 0) is 19.2 Å². The van der Waals surface area contributed by atoms with E-state index in [1.807, 2.05) is 27.7 Å². The number of carbonyl (C=O) groups excluding carboxylic acids is 2. The fourth-order valence-electron chi connectivity index (χ4n) is 1.83. The molecule has 0 spiro atoms. The molecule has 0 aliphatic heterocycles. The van der Waals surface area contributed by atoms with Crippen LogP contribution in [-0.4, -0.2) is 57.6 Å². The Kier molecular flexibility index (Phi) is 12.2. The van der Waals surface area contributed by atoms with Crippen molar-refractivity contribution in [3.63, 3.8) is 0 Å². The number of hydrogen-bond acceptors (Lipinski definition) is 6. The van der Waals surface area contributed by atoms with Crippen LogP contribution in [0, 0.1) is 11.8 Å². The van der Waals surface area contributed by atoms with E-state index in [1.54, 1.807) is 0 Å². The second-order valence-electron chi connectivity index (χ2n) is 6.68. The van der Waals surface area contributed by atoms with Gasteiger partial charge in [0.1, 0.15) is 12.1 Å². The van der Waals surface area contributed by atoms with Crippen molar-refractivity contribution in [2.75, 3.05) is 11.5 Å². The number of amides is 2. The molecule has 0 fully saturated rings. The minimum Gasteiger partial charge on any atom is -0.480 e. The van der Waals surface area contributed by atoms with Gasteiger partial charge in [0.15, 0.2) is 0 Å². The zero-order chi connectivity index (χ0) is 20.3. The van der Waals surface area contributed by atoms with Gasteiger partial charge in [0.25, 0.3) is 0 Å². The molecule has 0 aromatic heterocycles. The molecule has 0 heterocycles. The molecular weight excluding hydrogens is 380 g/mol. The fraction of sp³-hybridized carbons (Fsp3) is 0.750. The highest BCUT2D eigenvalue weighted by atomic mass is 33.1. The molecule has 150 valence electrons. The Morgan fingerprint density at radius 1 is 0.731 bits per heavy atom. The molecule has 0 aliphatic rings. The Morgan fingerprint density at radius 2 is 1.04 bits per heavy atom. The lowest BCUT2D eigenvalue weighted by Crippen LogP contribution is -2.43. The van der Waals surface area contributed by atoms with Crippen LogP contribution in [0.3, 0.4) is 0 Å². The number of rotatable bonds is 13. The summed E-state index contributed by atoms with van der Waals surface area (Å²) in [7, 11) is 2.29. The van der Waals surface area contributed by atoms with Gasteiger partial charge in [0.05, 0.1) is 0 Å². The first-order valence-corrected chi connectivity index (χ1v) is 10.8. The molecule has 0 saturated heterocycles. The fourth-order valence-corrected chi connectivity index (χ4v) is 4.14. The predicted octanol–water partition coefficient (Wildman–Crippen LogP) is 1.60. The summed E-state index contributed by atoms with van der Waals surface area (Å²) >= 11 is 0. The van der Waals surface area contributed by atoms with Crippen molar-refractivity contribution in [2.45, 2.75) is 52.6 Å². The van der Waals surface area contributed by atoms with E-state index >= 15 is 0 Å². The lowest BCUT2D eigenvalue weighted by molar-refractivity contribution is -0.141. The Bertz CT molecular complexity index is 455. The SMILES string of the molecule is CC(C)CC(=O)NC(CSSCC(NC(=O)CC(C)C)C(=O)O)C(=O)O. The topological polar surface area (TPSA) is 133 Å². The van der Waals surface area contributed by atoms with E-state index in [1.165, 1.54) is 0 Å². The summed E-state index contributed by atoms with van der Waals surface area (Å²) in [5, 5.41) is 23.2. The third kappa shape index (κ3) is 12.0. The maximum atomic E-state index is 11.7. The number of carboxylic acids is 2. The highest BCUT2D eigenvalue weighted by Gasteiger charge is 2.23. The molecule has 2 amide bonds. The zero-order valence-corrected chi connectivity index (χ0v) is 17.1. The van der Waals surface area contributed by atoms with Gasteiger partial charge < -0.3 is 20.8 Å². The molecule has 0 aromatic rings. The third-order valence-corrected chi connectivity index (χ3v) is 5.43. The van der Waals surface area contributed by atoms with Crippen LogP contribution >= 0.6 is 21.6 Å². The Morgan fingerprint density at radius 3 is 1.27 bits per heavy atom. The molecule has 0 aliphatic carbocycles. The molecule has 2 unspecified atom stereocenters. The summed E-state index contributed by atoms with van der Waals surface area (Å²) in [5.41, 5.74) is 0. The van der Waals surface area contributed by atoms with Crippen LogP contribution in [0.25, 0.3) is 0 Å². The summed E-state index contributed by atoms with van der Waals surface area (Å²) < 4.78 is 0. The summed E-state index contributed by atoms with van der Waals surface area (Å²) in [6.45, 7) is 7.44. The van der Waals surface area contributed by atoms with Gasteiger partial charge in [-0.25, -0.2) is 9.59 Å². The molecule has 0 saturated carbocycles.